The summed E-state index contributed by atoms with van der Waals surface area (Å²) in [4.78, 5) is 38.4. The van der Waals surface area contributed by atoms with Crippen LogP contribution in [0.15, 0.2) is 48.5 Å². The number of aliphatic hydroxyl groups is 2. The fraction of sp³-hybridized carbons (Fsp3) is 0.292. The maximum absolute atomic E-state index is 12.9. The van der Waals surface area contributed by atoms with Crippen LogP contribution in [0, 0.1) is 11.8 Å². The molecule has 0 aromatic heterocycles. The van der Waals surface area contributed by atoms with Gasteiger partial charge in [0.1, 0.15) is 6.61 Å². The summed E-state index contributed by atoms with van der Waals surface area (Å²) < 4.78 is 0. The Kier molecular flexibility index (Phi) is 7.70. The molecule has 2 amide bonds. The van der Waals surface area contributed by atoms with E-state index in [0.29, 0.717) is 5.56 Å². The molecule has 2 aromatic rings. The van der Waals surface area contributed by atoms with Crippen LogP contribution in [0.25, 0.3) is 0 Å². The molecule has 3 N–H and O–H groups in total. The van der Waals surface area contributed by atoms with Crippen LogP contribution in [0.1, 0.15) is 47.0 Å². The van der Waals surface area contributed by atoms with Crippen molar-refractivity contribution in [2.24, 2.45) is 0 Å². The third-order valence-electron chi connectivity index (χ3n) is 5.21. The van der Waals surface area contributed by atoms with Crippen molar-refractivity contribution >= 4 is 17.6 Å². The zero-order valence-electron chi connectivity index (χ0n) is 18.0. The van der Waals surface area contributed by atoms with Gasteiger partial charge in [0, 0.05) is 30.8 Å². The van der Waals surface area contributed by atoms with Gasteiger partial charge in [0.2, 0.25) is 0 Å². The number of carbonyl (C=O) groups is 3. The number of nitrogens with zero attached hydrogens (tertiary/aromatic N) is 1. The molecular weight excluding hydrogens is 396 g/mol. The number of benzene rings is 2. The summed E-state index contributed by atoms with van der Waals surface area (Å²) in [6.07, 6.45) is -0.539. The molecule has 0 radical (unpaired) electrons. The topological polar surface area (TPSA) is 107 Å². The lowest BCUT2D eigenvalue weighted by molar-refractivity contribution is -0.143. The molecule has 0 saturated carbocycles. The van der Waals surface area contributed by atoms with Crippen molar-refractivity contribution in [1.29, 1.82) is 0 Å². The first-order valence-electron chi connectivity index (χ1n) is 9.69. The lowest BCUT2D eigenvalue weighted by atomic mass is 9.92. The molecule has 0 unspecified atom stereocenters. The zero-order valence-corrected chi connectivity index (χ0v) is 18.0. The first-order valence-corrected chi connectivity index (χ1v) is 9.69. The first kappa shape index (κ1) is 23.8. The van der Waals surface area contributed by atoms with Crippen LogP contribution in [0.3, 0.4) is 0 Å². The van der Waals surface area contributed by atoms with Crippen LogP contribution >= 0.6 is 0 Å². The Morgan fingerprint density at radius 3 is 1.94 bits per heavy atom. The summed E-state index contributed by atoms with van der Waals surface area (Å²) in [7, 11) is 2.70. The van der Waals surface area contributed by atoms with Gasteiger partial charge in [-0.3, -0.25) is 14.4 Å². The summed E-state index contributed by atoms with van der Waals surface area (Å²) in [6.45, 7) is 2.12. The molecule has 162 valence electrons. The largest absolute Gasteiger partial charge is 0.389 e. The number of ketones is 1. The summed E-state index contributed by atoms with van der Waals surface area (Å²) in [6, 6.07) is 13.7. The van der Waals surface area contributed by atoms with E-state index in [1.807, 2.05) is 24.3 Å². The molecule has 0 spiro atoms. The van der Waals surface area contributed by atoms with E-state index < -0.39 is 35.8 Å². The van der Waals surface area contributed by atoms with E-state index in [9.17, 15) is 24.6 Å². The van der Waals surface area contributed by atoms with E-state index in [1.54, 1.807) is 31.2 Å². The SMILES string of the molecule is CNC(=O)[C@@](C)(C(=O)CO)N(C)C(=O)c1ccc(C#Cc2ccc([C@@H](C)O)cc2)cc1. The molecule has 2 aromatic carbocycles. The highest BCUT2D eigenvalue weighted by Gasteiger charge is 2.46. The second-order valence-corrected chi connectivity index (χ2v) is 7.22. The van der Waals surface area contributed by atoms with E-state index in [-0.39, 0.29) is 5.56 Å². The van der Waals surface area contributed by atoms with Crippen LogP contribution in [0.5, 0.6) is 0 Å². The second kappa shape index (κ2) is 10.0. The highest BCUT2D eigenvalue weighted by Crippen LogP contribution is 2.19. The van der Waals surface area contributed by atoms with Gasteiger partial charge in [-0.25, -0.2) is 0 Å². The van der Waals surface area contributed by atoms with Gasteiger partial charge in [-0.15, -0.1) is 0 Å². The van der Waals surface area contributed by atoms with Crippen molar-refractivity contribution in [3.63, 3.8) is 0 Å². The molecule has 31 heavy (non-hydrogen) atoms. The molecule has 2 atom stereocenters. The lowest BCUT2D eigenvalue weighted by Crippen LogP contribution is -2.62. The third-order valence-corrected chi connectivity index (χ3v) is 5.21. The number of hydrogen-bond acceptors (Lipinski definition) is 5. The minimum Gasteiger partial charge on any atom is -0.389 e. The third kappa shape index (κ3) is 5.18. The van der Waals surface area contributed by atoms with Gasteiger partial charge in [-0.2, -0.15) is 0 Å². The number of amides is 2. The maximum atomic E-state index is 12.9. The summed E-state index contributed by atoms with van der Waals surface area (Å²) in [5, 5.41) is 21.2. The molecule has 0 aliphatic rings. The Morgan fingerprint density at radius 2 is 1.52 bits per heavy atom. The van der Waals surface area contributed by atoms with Crippen LogP contribution in [0.2, 0.25) is 0 Å². The van der Waals surface area contributed by atoms with Gasteiger partial charge >= 0.3 is 0 Å². The standard InChI is InChI=1S/C24H26N2O5/c1-16(28)19-11-7-17(8-12-19)5-6-18-9-13-20(14-10-18)22(30)26(4)24(2,21(29)15-27)23(31)25-3/h7-14,16,27-28H,15H2,1-4H3,(H,25,31)/t16-,24-/m1/s1. The van der Waals surface area contributed by atoms with Gasteiger partial charge in [0.15, 0.2) is 11.3 Å². The van der Waals surface area contributed by atoms with E-state index in [1.165, 1.54) is 21.0 Å². The van der Waals surface area contributed by atoms with Crippen molar-refractivity contribution < 1.29 is 24.6 Å². The number of aliphatic hydroxyl groups excluding tert-OH is 2. The number of hydrogen-bond donors (Lipinski definition) is 3. The molecule has 7 nitrogen and oxygen atoms in total. The Bertz CT molecular complexity index is 999. The van der Waals surface area contributed by atoms with Gasteiger partial charge in [0.05, 0.1) is 6.10 Å². The van der Waals surface area contributed by atoms with E-state index in [2.05, 4.69) is 17.2 Å². The van der Waals surface area contributed by atoms with Gasteiger partial charge < -0.3 is 20.4 Å². The lowest BCUT2D eigenvalue weighted by Gasteiger charge is -2.35. The fourth-order valence-corrected chi connectivity index (χ4v) is 2.95. The minimum absolute atomic E-state index is 0.273. The molecular formula is C24H26N2O5. The predicted octanol–water partition coefficient (Wildman–Crippen LogP) is 1.28. The normalized spacial score (nSPS) is 13.2. The number of nitrogens with one attached hydrogen (secondary N) is 1. The smallest absolute Gasteiger partial charge is 0.254 e. The monoisotopic (exact) mass is 422 g/mol. The fourth-order valence-electron chi connectivity index (χ4n) is 2.95. The molecule has 7 heteroatoms. The van der Waals surface area contributed by atoms with E-state index in [4.69, 9.17) is 0 Å². The number of likely N-dealkylation sites (N-methyl/N-ethyl adjacent to an activating group) is 2. The summed E-state index contributed by atoms with van der Waals surface area (Å²) in [5.74, 6) is 4.00. The van der Waals surface area contributed by atoms with Crippen molar-refractivity contribution in [3.05, 3.63) is 70.8 Å². The molecule has 0 aliphatic heterocycles. The Labute approximate surface area is 181 Å². The minimum atomic E-state index is -1.84. The van der Waals surface area contributed by atoms with Crippen LogP contribution < -0.4 is 5.32 Å². The van der Waals surface area contributed by atoms with Crippen molar-refractivity contribution in [3.8, 4) is 11.8 Å². The van der Waals surface area contributed by atoms with Crippen molar-refractivity contribution in [2.75, 3.05) is 20.7 Å². The van der Waals surface area contributed by atoms with Gasteiger partial charge in [-0.05, 0) is 55.8 Å². The first-order chi connectivity index (χ1) is 14.6. The maximum Gasteiger partial charge on any atom is 0.254 e. The molecule has 0 fully saturated rings. The van der Waals surface area contributed by atoms with Crippen LogP contribution in [-0.2, 0) is 9.59 Å². The Balaban J connectivity index is 2.21. The van der Waals surface area contributed by atoms with Gasteiger partial charge in [0.25, 0.3) is 11.8 Å². The molecule has 2 rings (SSSR count). The average molecular weight is 422 g/mol. The number of rotatable bonds is 6. The highest BCUT2D eigenvalue weighted by atomic mass is 16.3. The highest BCUT2D eigenvalue weighted by molar-refractivity contribution is 6.14. The summed E-state index contributed by atoms with van der Waals surface area (Å²) in [5.41, 5.74) is 0.709. The molecule has 0 bridgehead atoms. The Morgan fingerprint density at radius 1 is 1.03 bits per heavy atom. The van der Waals surface area contributed by atoms with E-state index >= 15 is 0 Å². The molecule has 0 heterocycles. The molecule has 0 saturated heterocycles. The van der Waals surface area contributed by atoms with Crippen molar-refractivity contribution in [2.45, 2.75) is 25.5 Å². The van der Waals surface area contributed by atoms with Crippen LogP contribution in [-0.4, -0.2) is 59.0 Å². The second-order valence-electron chi connectivity index (χ2n) is 7.22. The van der Waals surface area contributed by atoms with Crippen LogP contribution in [0.4, 0.5) is 0 Å². The van der Waals surface area contributed by atoms with E-state index in [0.717, 1.165) is 16.0 Å². The Hall–Kier alpha value is -3.47. The summed E-state index contributed by atoms with van der Waals surface area (Å²) >= 11 is 0. The molecule has 0 aliphatic carbocycles. The number of carbonyl (C=O) groups excluding carboxylic acids is 3. The quantitative estimate of drug-likeness (QED) is 0.480. The average Bonchev–Trinajstić information content (AvgIpc) is 2.80. The zero-order chi connectivity index (χ0) is 23.2. The van der Waals surface area contributed by atoms with Crippen molar-refractivity contribution in [1.82, 2.24) is 10.2 Å². The van der Waals surface area contributed by atoms with Gasteiger partial charge in [-0.1, -0.05) is 24.0 Å². The number of Topliss-reactive ketones (excluding diaryl/α,β-unsaturated/α-hetero) is 1. The predicted molar refractivity (Wildman–Crippen MR) is 116 cm³/mol.